The Bertz CT molecular complexity index is 1510. The van der Waals surface area contributed by atoms with Gasteiger partial charge in [-0.15, -0.1) is 0 Å². The highest BCUT2D eigenvalue weighted by Crippen LogP contribution is 2.40. The van der Waals surface area contributed by atoms with Crippen molar-refractivity contribution in [2.24, 2.45) is 17.8 Å². The lowest BCUT2D eigenvalue weighted by molar-refractivity contribution is -0.128. The molecule has 3 atom stereocenters. The summed E-state index contributed by atoms with van der Waals surface area (Å²) in [6.07, 6.45) is 13.8. The SMILES string of the molecule is [B]C(O)(C=C)Oc1cc(/C=C/C(C)CN2C=CC(C(/C=C/C)=C/C(C)C)=CC2=C)cc(OC([B])(O)C2CCC2)c1C(=O)NCC(F)(F)F. The Morgan fingerprint density at radius 1 is 1.17 bits per heavy atom. The molecule has 1 amide bonds. The molecule has 0 spiro atoms. The number of carbonyl (C=O) groups excluding carboxylic acids is 1. The normalized spacial score (nSPS) is 19.1. The molecule has 1 aliphatic heterocycles. The van der Waals surface area contributed by atoms with Crippen LogP contribution in [0.5, 0.6) is 11.5 Å². The van der Waals surface area contributed by atoms with Crippen molar-refractivity contribution in [1.29, 1.82) is 0 Å². The number of nitrogens with zero attached hydrogens (tertiary/aromatic N) is 1. The first-order valence-electron chi connectivity index (χ1n) is 15.8. The van der Waals surface area contributed by atoms with Crippen LogP contribution in [0.2, 0.25) is 0 Å². The number of benzene rings is 1. The molecular formula is C36H43B2F3N2O5. The fourth-order valence-electron chi connectivity index (χ4n) is 5.03. The Kier molecular flexibility index (Phi) is 12.9. The zero-order valence-corrected chi connectivity index (χ0v) is 27.9. The molecular weight excluding hydrogens is 619 g/mol. The van der Waals surface area contributed by atoms with Gasteiger partial charge in [-0.25, -0.2) is 0 Å². The number of ether oxygens (including phenoxy) is 2. The van der Waals surface area contributed by atoms with E-state index < -0.39 is 47.2 Å². The van der Waals surface area contributed by atoms with Gasteiger partial charge in [-0.2, -0.15) is 13.2 Å². The van der Waals surface area contributed by atoms with E-state index in [0.29, 0.717) is 30.9 Å². The van der Waals surface area contributed by atoms with Crippen LogP contribution >= 0.6 is 0 Å². The summed E-state index contributed by atoms with van der Waals surface area (Å²) in [4.78, 5) is 15.1. The van der Waals surface area contributed by atoms with Crippen molar-refractivity contribution < 1.29 is 37.7 Å². The summed E-state index contributed by atoms with van der Waals surface area (Å²) in [5.74, 6) is -2.23. The van der Waals surface area contributed by atoms with E-state index in [1.54, 1.807) is 11.4 Å². The molecule has 48 heavy (non-hydrogen) atoms. The standard InChI is InChI=1S/C36H43B2F3N2O5/c1-7-10-27(17-23(3)4)28-15-16-43(25(6)18-28)21-24(5)13-14-26-19-30(47-34(37,45)8-2)32(33(44)42-22-35(39,40)41)31(20-26)48-36(38,46)29-11-9-12-29/h7-8,10,13-20,23-24,29,45-46H,2,6,9,11-12,21-22H2,1,3-5H3,(H,42,44)/b10-7+,14-13+,27-17+. The number of allylic oxidation sites excluding steroid dienone is 7. The minimum absolute atomic E-state index is 0.0629. The van der Waals surface area contributed by atoms with Gasteiger partial charge in [0.1, 0.15) is 23.6 Å². The van der Waals surface area contributed by atoms with Gasteiger partial charge in [-0.05, 0) is 78.7 Å². The average molecular weight is 662 g/mol. The summed E-state index contributed by atoms with van der Waals surface area (Å²) in [5.41, 5.74) is -2.00. The smallest absolute Gasteiger partial charge is 0.405 e. The molecule has 0 aromatic heterocycles. The van der Waals surface area contributed by atoms with Crippen molar-refractivity contribution >= 4 is 27.7 Å². The minimum Gasteiger partial charge on any atom is -0.471 e. The molecule has 3 unspecified atom stereocenters. The van der Waals surface area contributed by atoms with Crippen LogP contribution in [0.4, 0.5) is 13.2 Å². The lowest BCUT2D eigenvalue weighted by Gasteiger charge is -2.40. The maximum atomic E-state index is 13.1. The molecule has 3 rings (SSSR count). The highest BCUT2D eigenvalue weighted by atomic mass is 19.4. The van der Waals surface area contributed by atoms with Gasteiger partial charge in [-0.1, -0.05) is 70.7 Å². The second-order valence-electron chi connectivity index (χ2n) is 12.5. The van der Waals surface area contributed by atoms with Crippen molar-refractivity contribution in [1.82, 2.24) is 10.2 Å². The predicted octanol–water partition coefficient (Wildman–Crippen LogP) is 6.43. The maximum Gasteiger partial charge on any atom is 0.405 e. The van der Waals surface area contributed by atoms with Crippen molar-refractivity contribution in [3.63, 3.8) is 0 Å². The highest BCUT2D eigenvalue weighted by molar-refractivity contribution is 6.15. The van der Waals surface area contributed by atoms with Crippen LogP contribution in [0.25, 0.3) is 6.08 Å². The molecule has 7 nitrogen and oxygen atoms in total. The van der Waals surface area contributed by atoms with E-state index in [2.05, 4.69) is 39.2 Å². The molecule has 1 heterocycles. The predicted molar refractivity (Wildman–Crippen MR) is 184 cm³/mol. The Morgan fingerprint density at radius 2 is 1.81 bits per heavy atom. The first-order chi connectivity index (χ1) is 22.3. The quantitative estimate of drug-likeness (QED) is 0.0869. The Balaban J connectivity index is 1.95. The number of alkyl halides is 3. The van der Waals surface area contributed by atoms with Crippen LogP contribution in [0.3, 0.4) is 0 Å². The third kappa shape index (κ3) is 11.1. The first-order valence-corrected chi connectivity index (χ1v) is 15.8. The molecule has 1 aromatic rings. The van der Waals surface area contributed by atoms with E-state index in [0.717, 1.165) is 29.3 Å². The van der Waals surface area contributed by atoms with Crippen LogP contribution in [0, 0.1) is 17.8 Å². The summed E-state index contributed by atoms with van der Waals surface area (Å²) in [7, 11) is 11.8. The van der Waals surface area contributed by atoms with E-state index in [9.17, 15) is 28.2 Å². The number of hydrogen-bond donors (Lipinski definition) is 3. The van der Waals surface area contributed by atoms with Crippen LogP contribution < -0.4 is 14.8 Å². The lowest BCUT2D eigenvalue weighted by Crippen LogP contribution is -2.48. The summed E-state index contributed by atoms with van der Waals surface area (Å²) >= 11 is 0. The van der Waals surface area contributed by atoms with Crippen LogP contribution in [0.1, 0.15) is 62.9 Å². The molecule has 3 N–H and O–H groups in total. The number of rotatable bonds is 15. The lowest BCUT2D eigenvalue weighted by atomic mass is 9.70. The van der Waals surface area contributed by atoms with E-state index in [-0.39, 0.29) is 11.7 Å². The molecule has 12 heteroatoms. The number of hydrogen-bond acceptors (Lipinski definition) is 6. The second-order valence-corrected chi connectivity index (χ2v) is 12.5. The number of carbonyl (C=O) groups is 1. The fourth-order valence-corrected chi connectivity index (χ4v) is 5.03. The Morgan fingerprint density at radius 3 is 2.33 bits per heavy atom. The number of halogens is 3. The zero-order chi connectivity index (χ0) is 35.9. The number of aliphatic hydroxyl groups is 2. The summed E-state index contributed by atoms with van der Waals surface area (Å²) in [6, 6.07) is 2.65. The average Bonchev–Trinajstić information content (AvgIpc) is 2.93. The van der Waals surface area contributed by atoms with Gasteiger partial charge in [0.25, 0.3) is 5.91 Å². The van der Waals surface area contributed by atoms with E-state index in [1.165, 1.54) is 12.1 Å². The minimum atomic E-state index is -4.72. The van der Waals surface area contributed by atoms with Crippen LogP contribution in [0.15, 0.2) is 90.9 Å². The number of amides is 1. The highest BCUT2D eigenvalue weighted by Gasteiger charge is 2.39. The molecule has 0 saturated heterocycles. The Hall–Kier alpha value is -3.89. The van der Waals surface area contributed by atoms with Gasteiger partial charge in [0, 0.05) is 24.4 Å². The largest absolute Gasteiger partial charge is 0.471 e. The van der Waals surface area contributed by atoms with Gasteiger partial charge < -0.3 is 29.9 Å². The van der Waals surface area contributed by atoms with E-state index in [1.807, 2.05) is 49.3 Å². The third-order valence-electron chi connectivity index (χ3n) is 7.71. The topological polar surface area (TPSA) is 91.3 Å². The van der Waals surface area contributed by atoms with Crippen molar-refractivity contribution in [2.75, 3.05) is 13.1 Å². The van der Waals surface area contributed by atoms with Crippen molar-refractivity contribution in [2.45, 2.75) is 64.5 Å². The summed E-state index contributed by atoms with van der Waals surface area (Å²) < 4.78 is 50.2. The zero-order valence-electron chi connectivity index (χ0n) is 27.9. The van der Waals surface area contributed by atoms with E-state index in [4.69, 9.17) is 25.2 Å². The molecule has 4 radical (unpaired) electrons. The third-order valence-corrected chi connectivity index (χ3v) is 7.71. The van der Waals surface area contributed by atoms with Gasteiger partial charge >= 0.3 is 6.18 Å². The molecule has 1 aromatic carbocycles. The van der Waals surface area contributed by atoms with Crippen LogP contribution in [-0.2, 0) is 0 Å². The van der Waals surface area contributed by atoms with Crippen LogP contribution in [-0.4, -0.2) is 67.4 Å². The number of nitrogens with one attached hydrogen (secondary N) is 1. The molecule has 1 saturated carbocycles. The second kappa shape index (κ2) is 16.0. The summed E-state index contributed by atoms with van der Waals surface area (Å²) in [6.45, 7) is 14.7. The Labute approximate surface area is 284 Å². The van der Waals surface area contributed by atoms with Crippen molar-refractivity contribution in [3.05, 3.63) is 102 Å². The molecule has 2 aliphatic rings. The molecule has 1 aliphatic carbocycles. The van der Waals surface area contributed by atoms with Gasteiger partial charge in [0.05, 0.1) is 0 Å². The van der Waals surface area contributed by atoms with E-state index >= 15 is 0 Å². The van der Waals surface area contributed by atoms with Crippen molar-refractivity contribution in [3.8, 4) is 11.5 Å². The van der Waals surface area contributed by atoms with Gasteiger partial charge in [0.15, 0.2) is 27.1 Å². The summed E-state index contributed by atoms with van der Waals surface area (Å²) in [5, 5.41) is 23.1. The van der Waals surface area contributed by atoms with Gasteiger partial charge in [-0.3, -0.25) is 4.79 Å². The molecule has 1 fully saturated rings. The maximum absolute atomic E-state index is 13.1. The fraction of sp³-hybridized carbons (Fsp3) is 0.417. The molecule has 254 valence electrons. The van der Waals surface area contributed by atoms with Gasteiger partial charge in [0.2, 0.25) is 0 Å². The molecule has 0 bridgehead atoms. The first kappa shape index (κ1) is 38.6. The monoisotopic (exact) mass is 662 g/mol.